The molecule has 1 aliphatic heterocycles. The average Bonchev–Trinajstić information content (AvgIpc) is 2.64. The quantitative estimate of drug-likeness (QED) is 0.761. The Morgan fingerprint density at radius 1 is 1.00 bits per heavy atom. The van der Waals surface area contributed by atoms with Crippen LogP contribution in [0, 0.1) is 5.92 Å². The molecule has 1 aliphatic carbocycles. The highest BCUT2D eigenvalue weighted by Crippen LogP contribution is 2.27. The van der Waals surface area contributed by atoms with Gasteiger partial charge in [-0.2, -0.15) is 0 Å². The minimum Gasteiger partial charge on any atom is -0.314 e. The highest BCUT2D eigenvalue weighted by molar-refractivity contribution is 4.84. The molecule has 0 aromatic carbocycles. The Morgan fingerprint density at radius 3 is 2.58 bits per heavy atom. The van der Waals surface area contributed by atoms with E-state index in [0.29, 0.717) is 0 Å². The largest absolute Gasteiger partial charge is 0.314 e. The number of hydrogen-bond acceptors (Lipinski definition) is 2. The third-order valence-corrected chi connectivity index (χ3v) is 5.23. The first-order chi connectivity index (χ1) is 9.31. The number of nitrogens with zero attached hydrogens (tertiary/aromatic N) is 1. The third kappa shape index (κ3) is 4.75. The molecule has 2 rings (SSSR count). The lowest BCUT2D eigenvalue weighted by Crippen LogP contribution is -2.46. The smallest absolute Gasteiger partial charge is 0.0107 e. The van der Waals surface area contributed by atoms with E-state index < -0.39 is 0 Å². The van der Waals surface area contributed by atoms with E-state index in [0.717, 1.165) is 18.0 Å². The Bertz CT molecular complexity index is 241. The molecule has 1 heterocycles. The molecule has 2 nitrogen and oxygen atoms in total. The molecule has 0 bridgehead atoms. The van der Waals surface area contributed by atoms with E-state index in [4.69, 9.17) is 0 Å². The van der Waals surface area contributed by atoms with Gasteiger partial charge in [0.05, 0.1) is 0 Å². The fraction of sp³-hybridized carbons (Fsp3) is 1.00. The van der Waals surface area contributed by atoms with Crippen molar-refractivity contribution in [1.29, 1.82) is 0 Å². The SMILES string of the molecule is CCCNC1CCCCCC1CN1CCCCC1C. The van der Waals surface area contributed by atoms with E-state index in [2.05, 4.69) is 24.1 Å². The lowest BCUT2D eigenvalue weighted by Gasteiger charge is -2.38. The Kier molecular flexibility index (Phi) is 6.66. The van der Waals surface area contributed by atoms with Crippen LogP contribution < -0.4 is 5.32 Å². The third-order valence-electron chi connectivity index (χ3n) is 5.23. The van der Waals surface area contributed by atoms with E-state index in [-0.39, 0.29) is 0 Å². The van der Waals surface area contributed by atoms with Crippen molar-refractivity contribution >= 4 is 0 Å². The lowest BCUT2D eigenvalue weighted by atomic mass is 9.92. The number of nitrogens with one attached hydrogen (secondary N) is 1. The van der Waals surface area contributed by atoms with E-state index in [1.165, 1.54) is 77.4 Å². The van der Waals surface area contributed by atoms with Crippen molar-refractivity contribution in [3.8, 4) is 0 Å². The number of piperidine rings is 1. The summed E-state index contributed by atoms with van der Waals surface area (Å²) in [6, 6.07) is 1.61. The van der Waals surface area contributed by atoms with Crippen LogP contribution in [0.2, 0.25) is 0 Å². The summed E-state index contributed by atoms with van der Waals surface area (Å²) in [5.74, 6) is 0.898. The molecule has 1 saturated heterocycles. The number of likely N-dealkylation sites (tertiary alicyclic amines) is 1. The fourth-order valence-corrected chi connectivity index (χ4v) is 3.93. The number of hydrogen-bond donors (Lipinski definition) is 1. The minimum absolute atomic E-state index is 0.788. The van der Waals surface area contributed by atoms with Crippen LogP contribution in [0.1, 0.15) is 71.6 Å². The summed E-state index contributed by atoms with van der Waals surface area (Å²) in [4.78, 5) is 2.78. The predicted molar refractivity (Wildman–Crippen MR) is 83.5 cm³/mol. The monoisotopic (exact) mass is 266 g/mol. The summed E-state index contributed by atoms with van der Waals surface area (Å²) in [5.41, 5.74) is 0. The second kappa shape index (κ2) is 8.26. The average molecular weight is 266 g/mol. The Morgan fingerprint density at radius 2 is 1.79 bits per heavy atom. The highest BCUT2D eigenvalue weighted by Gasteiger charge is 2.27. The first-order valence-corrected chi connectivity index (χ1v) is 8.78. The zero-order chi connectivity index (χ0) is 13.5. The summed E-state index contributed by atoms with van der Waals surface area (Å²) in [6.07, 6.45) is 12.8. The first kappa shape index (κ1) is 15.3. The molecular weight excluding hydrogens is 232 g/mol. The summed E-state index contributed by atoms with van der Waals surface area (Å²) >= 11 is 0. The van der Waals surface area contributed by atoms with Gasteiger partial charge in [-0.3, -0.25) is 0 Å². The molecule has 2 aliphatic rings. The Labute approximate surface area is 120 Å². The fourth-order valence-electron chi connectivity index (χ4n) is 3.93. The van der Waals surface area contributed by atoms with E-state index in [1.54, 1.807) is 0 Å². The van der Waals surface area contributed by atoms with Gasteiger partial charge in [-0.05, 0) is 58.0 Å². The van der Waals surface area contributed by atoms with E-state index >= 15 is 0 Å². The lowest BCUT2D eigenvalue weighted by molar-refractivity contribution is 0.120. The van der Waals surface area contributed by atoms with Gasteiger partial charge in [0.1, 0.15) is 0 Å². The second-order valence-electron chi connectivity index (χ2n) is 6.80. The maximum Gasteiger partial charge on any atom is 0.0107 e. The maximum atomic E-state index is 3.84. The maximum absolute atomic E-state index is 3.84. The zero-order valence-corrected chi connectivity index (χ0v) is 13.2. The van der Waals surface area contributed by atoms with Crippen molar-refractivity contribution in [3.05, 3.63) is 0 Å². The van der Waals surface area contributed by atoms with Crippen molar-refractivity contribution in [3.63, 3.8) is 0 Å². The second-order valence-corrected chi connectivity index (χ2v) is 6.80. The predicted octanol–water partition coefficient (Wildman–Crippen LogP) is 3.81. The van der Waals surface area contributed by atoms with Crippen LogP contribution in [0.15, 0.2) is 0 Å². The first-order valence-electron chi connectivity index (χ1n) is 8.78. The Balaban J connectivity index is 1.88. The van der Waals surface area contributed by atoms with Crippen LogP contribution in [-0.2, 0) is 0 Å². The normalized spacial score (nSPS) is 34.1. The van der Waals surface area contributed by atoms with Crippen molar-refractivity contribution in [2.45, 2.75) is 83.7 Å². The minimum atomic E-state index is 0.788. The molecule has 1 N–H and O–H groups in total. The summed E-state index contributed by atoms with van der Waals surface area (Å²) in [5, 5.41) is 3.84. The van der Waals surface area contributed by atoms with Crippen LogP contribution in [-0.4, -0.2) is 36.6 Å². The molecule has 0 amide bonds. The van der Waals surface area contributed by atoms with Gasteiger partial charge in [0.2, 0.25) is 0 Å². The molecule has 2 fully saturated rings. The van der Waals surface area contributed by atoms with Crippen molar-refractivity contribution in [2.75, 3.05) is 19.6 Å². The Hall–Kier alpha value is -0.0800. The summed E-state index contributed by atoms with van der Waals surface area (Å²) < 4.78 is 0. The van der Waals surface area contributed by atoms with E-state index in [1.807, 2.05) is 0 Å². The molecule has 0 radical (unpaired) electrons. The van der Waals surface area contributed by atoms with Gasteiger partial charge in [-0.15, -0.1) is 0 Å². The molecular formula is C17H34N2. The molecule has 0 aromatic rings. The van der Waals surface area contributed by atoms with Gasteiger partial charge in [-0.1, -0.05) is 32.6 Å². The molecule has 0 aromatic heterocycles. The highest BCUT2D eigenvalue weighted by atomic mass is 15.2. The van der Waals surface area contributed by atoms with Gasteiger partial charge in [0.15, 0.2) is 0 Å². The van der Waals surface area contributed by atoms with E-state index in [9.17, 15) is 0 Å². The molecule has 19 heavy (non-hydrogen) atoms. The van der Waals surface area contributed by atoms with Crippen LogP contribution in [0.5, 0.6) is 0 Å². The number of rotatable bonds is 5. The molecule has 0 spiro atoms. The van der Waals surface area contributed by atoms with Gasteiger partial charge in [-0.25, -0.2) is 0 Å². The van der Waals surface area contributed by atoms with Gasteiger partial charge in [0.25, 0.3) is 0 Å². The van der Waals surface area contributed by atoms with Crippen LogP contribution in [0.4, 0.5) is 0 Å². The van der Waals surface area contributed by atoms with Crippen LogP contribution in [0.3, 0.4) is 0 Å². The van der Waals surface area contributed by atoms with Gasteiger partial charge < -0.3 is 10.2 Å². The molecule has 3 unspecified atom stereocenters. The molecule has 2 heteroatoms. The molecule has 1 saturated carbocycles. The topological polar surface area (TPSA) is 15.3 Å². The zero-order valence-electron chi connectivity index (χ0n) is 13.2. The standard InChI is InChI=1S/C17H34N2/c1-3-12-18-17-11-6-4-5-10-16(17)14-19-13-8-7-9-15(19)2/h15-18H,3-14H2,1-2H3. The van der Waals surface area contributed by atoms with Gasteiger partial charge in [0, 0.05) is 18.6 Å². The molecule has 3 atom stereocenters. The van der Waals surface area contributed by atoms with Gasteiger partial charge >= 0.3 is 0 Å². The van der Waals surface area contributed by atoms with Crippen molar-refractivity contribution in [1.82, 2.24) is 10.2 Å². The molecule has 112 valence electrons. The van der Waals surface area contributed by atoms with Crippen molar-refractivity contribution < 1.29 is 0 Å². The van der Waals surface area contributed by atoms with Crippen molar-refractivity contribution in [2.24, 2.45) is 5.92 Å². The summed E-state index contributed by atoms with van der Waals surface area (Å²) in [7, 11) is 0. The van der Waals surface area contributed by atoms with Crippen LogP contribution >= 0.6 is 0 Å². The van der Waals surface area contributed by atoms with Crippen LogP contribution in [0.25, 0.3) is 0 Å². The summed E-state index contributed by atoms with van der Waals surface area (Å²) in [6.45, 7) is 8.62.